The first kappa shape index (κ1) is 8.75. The molecular weight excluding hydrogens is 140 g/mol. The first-order valence-corrected chi connectivity index (χ1v) is 4.27. The van der Waals surface area contributed by atoms with Gasteiger partial charge >= 0.3 is 0 Å². The lowest BCUT2D eigenvalue weighted by atomic mass is 9.99. The van der Waals surface area contributed by atoms with Crippen molar-refractivity contribution in [3.8, 4) is 0 Å². The molecule has 0 aromatic carbocycles. The zero-order valence-electron chi connectivity index (χ0n) is 6.74. The quantitative estimate of drug-likeness (QED) is 0.595. The van der Waals surface area contributed by atoms with Gasteiger partial charge in [0, 0.05) is 13.2 Å². The van der Waals surface area contributed by atoms with Crippen LogP contribution in [0.25, 0.3) is 0 Å². The van der Waals surface area contributed by atoms with Crippen LogP contribution in [0.1, 0.15) is 19.3 Å². The first-order chi connectivity index (χ1) is 5.36. The maximum absolute atomic E-state index is 8.66. The second-order valence-corrected chi connectivity index (χ2v) is 3.17. The van der Waals surface area contributed by atoms with Crippen molar-refractivity contribution in [2.45, 2.75) is 19.3 Å². The molecule has 1 aliphatic rings. The minimum Gasteiger partial charge on any atom is -0.396 e. The molecular formula is C9H16O2. The topological polar surface area (TPSA) is 40.5 Å². The standard InChI is InChI=1S/C9H16O2/c10-5-3-8-1-2-9(7-8)4-6-11/h1-2,8-11H,3-7H2. The van der Waals surface area contributed by atoms with Crippen LogP contribution in [0.4, 0.5) is 0 Å². The summed E-state index contributed by atoms with van der Waals surface area (Å²) in [5.41, 5.74) is 0. The maximum Gasteiger partial charge on any atom is 0.0436 e. The van der Waals surface area contributed by atoms with Crippen molar-refractivity contribution in [2.24, 2.45) is 11.8 Å². The third-order valence-electron chi connectivity index (χ3n) is 2.26. The van der Waals surface area contributed by atoms with Crippen molar-refractivity contribution in [3.05, 3.63) is 12.2 Å². The number of aliphatic hydroxyl groups is 2. The van der Waals surface area contributed by atoms with Gasteiger partial charge in [0.25, 0.3) is 0 Å². The Morgan fingerprint density at radius 1 is 1.00 bits per heavy atom. The average Bonchev–Trinajstić information content (AvgIpc) is 2.38. The summed E-state index contributed by atoms with van der Waals surface area (Å²) < 4.78 is 0. The van der Waals surface area contributed by atoms with Gasteiger partial charge in [0.15, 0.2) is 0 Å². The molecule has 0 heterocycles. The van der Waals surface area contributed by atoms with Gasteiger partial charge in [-0.05, 0) is 31.1 Å². The molecule has 11 heavy (non-hydrogen) atoms. The Kier molecular flexibility index (Phi) is 3.60. The van der Waals surface area contributed by atoms with E-state index < -0.39 is 0 Å². The van der Waals surface area contributed by atoms with Gasteiger partial charge in [-0.2, -0.15) is 0 Å². The Bertz CT molecular complexity index is 118. The highest BCUT2D eigenvalue weighted by molar-refractivity contribution is 5.01. The van der Waals surface area contributed by atoms with Crippen LogP contribution >= 0.6 is 0 Å². The van der Waals surface area contributed by atoms with Crippen molar-refractivity contribution in [3.63, 3.8) is 0 Å². The van der Waals surface area contributed by atoms with Gasteiger partial charge in [-0.25, -0.2) is 0 Å². The Morgan fingerprint density at radius 2 is 1.45 bits per heavy atom. The molecule has 0 aliphatic heterocycles. The molecule has 2 nitrogen and oxygen atoms in total. The summed E-state index contributed by atoms with van der Waals surface area (Å²) in [5.74, 6) is 1.10. The minimum atomic E-state index is 0.279. The molecule has 0 radical (unpaired) electrons. The Labute approximate surface area is 67.6 Å². The summed E-state index contributed by atoms with van der Waals surface area (Å²) in [6, 6.07) is 0. The molecule has 2 N–H and O–H groups in total. The van der Waals surface area contributed by atoms with E-state index in [0.717, 1.165) is 19.3 Å². The van der Waals surface area contributed by atoms with Crippen LogP contribution in [-0.2, 0) is 0 Å². The van der Waals surface area contributed by atoms with Gasteiger partial charge in [0.2, 0.25) is 0 Å². The van der Waals surface area contributed by atoms with Crippen LogP contribution in [0.15, 0.2) is 12.2 Å². The van der Waals surface area contributed by atoms with Crippen molar-refractivity contribution >= 4 is 0 Å². The summed E-state index contributed by atoms with van der Waals surface area (Å²) in [7, 11) is 0. The van der Waals surface area contributed by atoms with Gasteiger partial charge in [-0.1, -0.05) is 12.2 Å². The van der Waals surface area contributed by atoms with Crippen molar-refractivity contribution in [2.75, 3.05) is 13.2 Å². The zero-order valence-corrected chi connectivity index (χ0v) is 6.74. The summed E-state index contributed by atoms with van der Waals surface area (Å²) >= 11 is 0. The van der Waals surface area contributed by atoms with Crippen LogP contribution in [0.3, 0.4) is 0 Å². The predicted molar refractivity (Wildman–Crippen MR) is 44.1 cm³/mol. The van der Waals surface area contributed by atoms with Gasteiger partial charge < -0.3 is 10.2 Å². The van der Waals surface area contributed by atoms with Gasteiger partial charge in [-0.15, -0.1) is 0 Å². The molecule has 0 saturated carbocycles. The molecule has 1 aliphatic carbocycles. The van der Waals surface area contributed by atoms with E-state index >= 15 is 0 Å². The van der Waals surface area contributed by atoms with E-state index in [4.69, 9.17) is 10.2 Å². The normalized spacial score (nSPS) is 29.6. The summed E-state index contributed by atoms with van der Waals surface area (Å²) in [6.45, 7) is 0.557. The molecule has 0 saturated heterocycles. The lowest BCUT2D eigenvalue weighted by Crippen LogP contribution is -2.01. The highest BCUT2D eigenvalue weighted by Crippen LogP contribution is 2.27. The van der Waals surface area contributed by atoms with E-state index in [0.29, 0.717) is 11.8 Å². The van der Waals surface area contributed by atoms with Crippen molar-refractivity contribution < 1.29 is 10.2 Å². The zero-order chi connectivity index (χ0) is 8.10. The van der Waals surface area contributed by atoms with Gasteiger partial charge in [0.05, 0.1) is 0 Å². The molecule has 2 unspecified atom stereocenters. The van der Waals surface area contributed by atoms with Crippen LogP contribution in [-0.4, -0.2) is 23.4 Å². The largest absolute Gasteiger partial charge is 0.396 e. The SMILES string of the molecule is OCCC1C=CC(CCO)C1. The van der Waals surface area contributed by atoms with E-state index in [1.54, 1.807) is 0 Å². The molecule has 64 valence electrons. The van der Waals surface area contributed by atoms with Gasteiger partial charge in [-0.3, -0.25) is 0 Å². The molecule has 1 rings (SSSR count). The van der Waals surface area contributed by atoms with Crippen LogP contribution in [0.5, 0.6) is 0 Å². The third-order valence-corrected chi connectivity index (χ3v) is 2.26. The highest BCUT2D eigenvalue weighted by atomic mass is 16.3. The fourth-order valence-electron chi connectivity index (χ4n) is 1.62. The summed E-state index contributed by atoms with van der Waals surface area (Å²) in [6.07, 6.45) is 7.19. The Morgan fingerprint density at radius 3 is 1.82 bits per heavy atom. The van der Waals surface area contributed by atoms with E-state index in [1.807, 2.05) is 0 Å². The van der Waals surface area contributed by atoms with E-state index in [1.165, 1.54) is 0 Å². The number of aliphatic hydroxyl groups excluding tert-OH is 2. The monoisotopic (exact) mass is 156 g/mol. The second-order valence-electron chi connectivity index (χ2n) is 3.17. The fraction of sp³-hybridized carbons (Fsp3) is 0.778. The highest BCUT2D eigenvalue weighted by Gasteiger charge is 2.17. The number of hydrogen-bond donors (Lipinski definition) is 2. The summed E-state index contributed by atoms with van der Waals surface area (Å²) in [5, 5.41) is 17.3. The van der Waals surface area contributed by atoms with Crippen LogP contribution in [0, 0.1) is 11.8 Å². The van der Waals surface area contributed by atoms with E-state index in [2.05, 4.69) is 12.2 Å². The molecule has 2 heteroatoms. The van der Waals surface area contributed by atoms with Crippen molar-refractivity contribution in [1.82, 2.24) is 0 Å². The Hall–Kier alpha value is -0.340. The van der Waals surface area contributed by atoms with Crippen LogP contribution < -0.4 is 0 Å². The average molecular weight is 156 g/mol. The van der Waals surface area contributed by atoms with Crippen molar-refractivity contribution in [1.29, 1.82) is 0 Å². The molecule has 0 amide bonds. The smallest absolute Gasteiger partial charge is 0.0436 e. The molecule has 0 fully saturated rings. The third kappa shape index (κ3) is 2.64. The van der Waals surface area contributed by atoms with Crippen LogP contribution in [0.2, 0.25) is 0 Å². The molecule has 0 aromatic heterocycles. The predicted octanol–water partition coefficient (Wildman–Crippen LogP) is 0.944. The lowest BCUT2D eigenvalue weighted by molar-refractivity contribution is 0.249. The number of rotatable bonds is 4. The van der Waals surface area contributed by atoms with E-state index in [9.17, 15) is 0 Å². The first-order valence-electron chi connectivity index (χ1n) is 4.27. The lowest BCUT2D eigenvalue weighted by Gasteiger charge is -2.08. The maximum atomic E-state index is 8.66. The molecule has 0 aromatic rings. The summed E-state index contributed by atoms with van der Waals surface area (Å²) in [4.78, 5) is 0. The number of hydrogen-bond acceptors (Lipinski definition) is 2. The fourth-order valence-corrected chi connectivity index (χ4v) is 1.62. The Balaban J connectivity index is 2.19. The molecule has 0 spiro atoms. The molecule has 2 atom stereocenters. The molecule has 0 bridgehead atoms. The minimum absolute atomic E-state index is 0.279. The van der Waals surface area contributed by atoms with E-state index in [-0.39, 0.29) is 13.2 Å². The number of allylic oxidation sites excluding steroid dienone is 2. The second kappa shape index (κ2) is 4.52. The van der Waals surface area contributed by atoms with Gasteiger partial charge in [0.1, 0.15) is 0 Å².